The fourth-order valence-electron chi connectivity index (χ4n) is 3.11. The Kier molecular flexibility index (Phi) is 5.99. The van der Waals surface area contributed by atoms with Gasteiger partial charge >= 0.3 is 0 Å². The van der Waals surface area contributed by atoms with Crippen LogP contribution in [-0.4, -0.2) is 37.6 Å². The average Bonchev–Trinajstić information content (AvgIpc) is 2.87. The molecule has 1 saturated heterocycles. The standard InChI is InChI=1S/C19H28N2O3/c1-14(2)15-6-8-16(9-7-15)21-17(22)10-11-19(21,3)18(23)20-12-5-13-24-4/h6-9,14H,5,10-13H2,1-4H3,(H,20,23)/t19-/m1/s1. The fourth-order valence-corrected chi connectivity index (χ4v) is 3.11. The van der Waals surface area contributed by atoms with Gasteiger partial charge in [0.1, 0.15) is 5.54 Å². The summed E-state index contributed by atoms with van der Waals surface area (Å²) in [5.41, 5.74) is 1.18. The lowest BCUT2D eigenvalue weighted by Gasteiger charge is -2.34. The summed E-state index contributed by atoms with van der Waals surface area (Å²) in [4.78, 5) is 26.8. The second kappa shape index (κ2) is 7.79. The number of rotatable bonds is 7. The van der Waals surface area contributed by atoms with Crippen molar-refractivity contribution in [2.24, 2.45) is 0 Å². The zero-order valence-electron chi connectivity index (χ0n) is 15.1. The molecule has 5 nitrogen and oxygen atoms in total. The molecule has 1 aliphatic rings. The summed E-state index contributed by atoms with van der Waals surface area (Å²) >= 11 is 0. The topological polar surface area (TPSA) is 58.6 Å². The molecule has 0 unspecified atom stereocenters. The highest BCUT2D eigenvalue weighted by Crippen LogP contribution is 2.35. The molecule has 0 spiro atoms. The van der Waals surface area contributed by atoms with E-state index in [0.29, 0.717) is 31.9 Å². The van der Waals surface area contributed by atoms with Gasteiger partial charge in [-0.25, -0.2) is 0 Å². The SMILES string of the molecule is COCCCNC(=O)[C@@]1(C)CCC(=O)N1c1ccc(C(C)C)cc1. The lowest BCUT2D eigenvalue weighted by molar-refractivity contribution is -0.127. The molecule has 1 aromatic carbocycles. The summed E-state index contributed by atoms with van der Waals surface area (Å²) in [6, 6.07) is 7.94. The summed E-state index contributed by atoms with van der Waals surface area (Å²) in [6.45, 7) is 7.27. The van der Waals surface area contributed by atoms with Gasteiger partial charge in [-0.05, 0) is 43.4 Å². The van der Waals surface area contributed by atoms with Crippen LogP contribution < -0.4 is 10.2 Å². The molecule has 1 fully saturated rings. The number of ether oxygens (including phenoxy) is 1. The summed E-state index contributed by atoms with van der Waals surface area (Å²) in [5, 5.41) is 2.94. The van der Waals surface area contributed by atoms with Crippen LogP contribution in [0.3, 0.4) is 0 Å². The number of benzene rings is 1. The Morgan fingerprint density at radius 1 is 1.33 bits per heavy atom. The third kappa shape index (κ3) is 3.78. The molecule has 1 aliphatic heterocycles. The van der Waals surface area contributed by atoms with E-state index in [-0.39, 0.29) is 11.8 Å². The molecule has 132 valence electrons. The highest BCUT2D eigenvalue weighted by Gasteiger charge is 2.47. The van der Waals surface area contributed by atoms with Crippen LogP contribution in [-0.2, 0) is 14.3 Å². The molecular weight excluding hydrogens is 304 g/mol. The summed E-state index contributed by atoms with van der Waals surface area (Å²) < 4.78 is 5.00. The van der Waals surface area contributed by atoms with Crippen molar-refractivity contribution in [1.29, 1.82) is 0 Å². The Bertz CT molecular complexity index is 583. The van der Waals surface area contributed by atoms with Crippen LogP contribution in [0.2, 0.25) is 0 Å². The molecule has 1 atom stereocenters. The van der Waals surface area contributed by atoms with Crippen molar-refractivity contribution in [1.82, 2.24) is 5.32 Å². The molecular formula is C19H28N2O3. The van der Waals surface area contributed by atoms with Crippen LogP contribution in [0.1, 0.15) is 51.5 Å². The van der Waals surface area contributed by atoms with Gasteiger partial charge in [-0.1, -0.05) is 26.0 Å². The van der Waals surface area contributed by atoms with Gasteiger partial charge in [0.05, 0.1) is 0 Å². The third-order valence-electron chi connectivity index (χ3n) is 4.69. The van der Waals surface area contributed by atoms with Gasteiger partial charge in [0.15, 0.2) is 0 Å². The first-order valence-electron chi connectivity index (χ1n) is 8.60. The zero-order valence-corrected chi connectivity index (χ0v) is 15.1. The summed E-state index contributed by atoms with van der Waals surface area (Å²) in [7, 11) is 1.64. The van der Waals surface area contributed by atoms with Crippen molar-refractivity contribution >= 4 is 17.5 Å². The number of hydrogen-bond donors (Lipinski definition) is 1. The molecule has 0 radical (unpaired) electrons. The number of anilines is 1. The number of nitrogens with one attached hydrogen (secondary N) is 1. The van der Waals surface area contributed by atoms with Gasteiger partial charge < -0.3 is 10.1 Å². The van der Waals surface area contributed by atoms with E-state index in [1.807, 2.05) is 31.2 Å². The van der Waals surface area contributed by atoms with E-state index in [4.69, 9.17) is 4.74 Å². The van der Waals surface area contributed by atoms with Crippen molar-refractivity contribution in [2.45, 2.75) is 51.5 Å². The van der Waals surface area contributed by atoms with Gasteiger partial charge in [-0.2, -0.15) is 0 Å². The van der Waals surface area contributed by atoms with Crippen LogP contribution in [0.4, 0.5) is 5.69 Å². The predicted molar refractivity (Wildman–Crippen MR) is 95.2 cm³/mol. The van der Waals surface area contributed by atoms with Crippen LogP contribution in [0.5, 0.6) is 0 Å². The Hall–Kier alpha value is -1.88. The van der Waals surface area contributed by atoms with E-state index in [1.165, 1.54) is 5.56 Å². The van der Waals surface area contributed by atoms with Gasteiger partial charge in [0.25, 0.3) is 0 Å². The smallest absolute Gasteiger partial charge is 0.246 e. The maximum absolute atomic E-state index is 12.7. The molecule has 0 aromatic heterocycles. The minimum Gasteiger partial charge on any atom is -0.385 e. The largest absolute Gasteiger partial charge is 0.385 e. The maximum atomic E-state index is 12.7. The van der Waals surface area contributed by atoms with Crippen molar-refractivity contribution in [3.8, 4) is 0 Å². The molecule has 1 N–H and O–H groups in total. The molecule has 5 heteroatoms. The maximum Gasteiger partial charge on any atom is 0.246 e. The van der Waals surface area contributed by atoms with Gasteiger partial charge in [-0.15, -0.1) is 0 Å². The number of nitrogens with zero attached hydrogens (tertiary/aromatic N) is 1. The Balaban J connectivity index is 2.16. The minimum absolute atomic E-state index is 0.00170. The monoisotopic (exact) mass is 332 g/mol. The minimum atomic E-state index is -0.830. The van der Waals surface area contributed by atoms with Crippen molar-refractivity contribution < 1.29 is 14.3 Å². The fraction of sp³-hybridized carbons (Fsp3) is 0.579. The Labute approximate surface area is 144 Å². The highest BCUT2D eigenvalue weighted by molar-refractivity contribution is 6.06. The number of hydrogen-bond acceptors (Lipinski definition) is 3. The van der Waals surface area contributed by atoms with Crippen LogP contribution in [0.25, 0.3) is 0 Å². The molecule has 2 rings (SSSR count). The van der Waals surface area contributed by atoms with Gasteiger partial charge in [-0.3, -0.25) is 14.5 Å². The third-order valence-corrected chi connectivity index (χ3v) is 4.69. The van der Waals surface area contributed by atoms with E-state index < -0.39 is 5.54 Å². The number of amides is 2. The van der Waals surface area contributed by atoms with Crippen molar-refractivity contribution in [3.63, 3.8) is 0 Å². The van der Waals surface area contributed by atoms with E-state index >= 15 is 0 Å². The van der Waals surface area contributed by atoms with Gasteiger partial charge in [0.2, 0.25) is 11.8 Å². The molecule has 24 heavy (non-hydrogen) atoms. The van der Waals surface area contributed by atoms with Crippen LogP contribution in [0, 0.1) is 0 Å². The lowest BCUT2D eigenvalue weighted by atomic mass is 9.96. The number of carbonyl (C=O) groups excluding carboxylic acids is 2. The highest BCUT2D eigenvalue weighted by atomic mass is 16.5. The number of carbonyl (C=O) groups is 2. The van der Waals surface area contributed by atoms with E-state index in [1.54, 1.807) is 12.0 Å². The molecule has 2 amide bonds. The molecule has 0 bridgehead atoms. The quantitative estimate of drug-likeness (QED) is 0.781. The van der Waals surface area contributed by atoms with E-state index in [0.717, 1.165) is 12.1 Å². The molecule has 1 heterocycles. The lowest BCUT2D eigenvalue weighted by Crippen LogP contribution is -2.55. The van der Waals surface area contributed by atoms with E-state index in [9.17, 15) is 9.59 Å². The van der Waals surface area contributed by atoms with Crippen molar-refractivity contribution in [3.05, 3.63) is 29.8 Å². The van der Waals surface area contributed by atoms with Gasteiger partial charge in [0, 0.05) is 32.4 Å². The van der Waals surface area contributed by atoms with Crippen LogP contribution >= 0.6 is 0 Å². The molecule has 1 aromatic rings. The summed E-state index contributed by atoms with van der Waals surface area (Å²) in [5.74, 6) is 0.336. The normalized spacial score (nSPS) is 20.7. The average molecular weight is 332 g/mol. The van der Waals surface area contributed by atoms with E-state index in [2.05, 4.69) is 19.2 Å². The Morgan fingerprint density at radius 3 is 2.58 bits per heavy atom. The van der Waals surface area contributed by atoms with Crippen molar-refractivity contribution in [2.75, 3.05) is 25.2 Å². The Morgan fingerprint density at radius 2 is 2.00 bits per heavy atom. The van der Waals surface area contributed by atoms with Crippen LogP contribution in [0.15, 0.2) is 24.3 Å². The predicted octanol–water partition coefficient (Wildman–Crippen LogP) is 2.85. The first-order valence-corrected chi connectivity index (χ1v) is 8.60. The second-order valence-electron chi connectivity index (χ2n) is 6.85. The molecule has 0 saturated carbocycles. The first kappa shape index (κ1) is 18.5. The summed E-state index contributed by atoms with van der Waals surface area (Å²) in [6.07, 6.45) is 1.69. The zero-order chi connectivity index (χ0) is 17.7. The number of methoxy groups -OCH3 is 1. The first-order chi connectivity index (χ1) is 11.4. The second-order valence-corrected chi connectivity index (χ2v) is 6.85. The molecule has 0 aliphatic carbocycles.